The van der Waals surface area contributed by atoms with E-state index >= 15 is 0 Å². The van der Waals surface area contributed by atoms with Gasteiger partial charge in [0.15, 0.2) is 5.82 Å². The maximum atomic E-state index is 13.8. The minimum atomic E-state index is -4.05. The van der Waals surface area contributed by atoms with Gasteiger partial charge in [-0.1, -0.05) is 35.9 Å². The number of hydrogen-bond acceptors (Lipinski definition) is 7. The number of halogens is 1. The SMILES string of the molecule is COc1ccc(CC(Cc2ccc(OC)cc2)S(=O)(=O)Nc2nn(C)c3c([N+](=O)[O-])ccc(Cl)c23)cc1. The predicted octanol–water partition coefficient (Wildman–Crippen LogP) is 4.75. The molecule has 1 heterocycles. The summed E-state index contributed by atoms with van der Waals surface area (Å²) in [5, 5.41) is 15.2. The van der Waals surface area contributed by atoms with Crippen LogP contribution in [0.15, 0.2) is 60.7 Å². The van der Waals surface area contributed by atoms with Gasteiger partial charge in [0.2, 0.25) is 10.0 Å². The van der Waals surface area contributed by atoms with Crippen molar-refractivity contribution >= 4 is 44.0 Å². The van der Waals surface area contributed by atoms with Gasteiger partial charge in [-0.3, -0.25) is 19.5 Å². The second-order valence-corrected chi connectivity index (χ2v) is 10.8. The molecule has 194 valence electrons. The van der Waals surface area contributed by atoms with Crippen LogP contribution in [-0.4, -0.2) is 42.6 Å². The molecule has 0 fully saturated rings. The summed E-state index contributed by atoms with van der Waals surface area (Å²) in [5.41, 5.74) is 1.48. The molecule has 0 amide bonds. The third-order valence-corrected chi connectivity index (χ3v) is 8.04. The Morgan fingerprint density at radius 1 is 0.973 bits per heavy atom. The van der Waals surface area contributed by atoms with Crippen LogP contribution in [0.25, 0.3) is 10.9 Å². The number of hydrogen-bond donors (Lipinski definition) is 1. The van der Waals surface area contributed by atoms with E-state index < -0.39 is 20.2 Å². The Balaban J connectivity index is 1.73. The van der Waals surface area contributed by atoms with Gasteiger partial charge in [-0.15, -0.1) is 0 Å². The van der Waals surface area contributed by atoms with Crippen LogP contribution in [0.3, 0.4) is 0 Å². The Morgan fingerprint density at radius 2 is 1.49 bits per heavy atom. The number of nitro benzene ring substituents is 1. The van der Waals surface area contributed by atoms with Gasteiger partial charge in [-0.2, -0.15) is 5.10 Å². The number of anilines is 1. The first-order chi connectivity index (χ1) is 17.6. The predicted molar refractivity (Wildman–Crippen MR) is 142 cm³/mol. The van der Waals surface area contributed by atoms with Crippen molar-refractivity contribution in [1.82, 2.24) is 9.78 Å². The van der Waals surface area contributed by atoms with E-state index in [9.17, 15) is 18.5 Å². The highest BCUT2D eigenvalue weighted by Crippen LogP contribution is 2.36. The molecule has 0 unspecified atom stereocenters. The average Bonchev–Trinajstić information content (AvgIpc) is 3.20. The largest absolute Gasteiger partial charge is 0.497 e. The van der Waals surface area contributed by atoms with Gasteiger partial charge < -0.3 is 9.47 Å². The van der Waals surface area contributed by atoms with Gasteiger partial charge in [0, 0.05) is 13.1 Å². The standard InChI is InChI=1S/C25H25ClN4O6S/c1-29-24-22(30(31)32)13-12-21(26)23(24)25(27-29)28-37(33,34)20(14-16-4-8-18(35-2)9-5-16)15-17-6-10-19(36-3)11-7-17/h4-13,20H,14-15H2,1-3H3,(H,27,28). The molecule has 12 heteroatoms. The molecule has 0 saturated heterocycles. The van der Waals surface area contributed by atoms with E-state index in [1.807, 2.05) is 24.3 Å². The summed E-state index contributed by atoms with van der Waals surface area (Å²) < 4.78 is 41.7. The second kappa shape index (κ2) is 10.7. The number of methoxy groups -OCH3 is 2. The first kappa shape index (κ1) is 26.2. The number of nitro groups is 1. The minimum absolute atomic E-state index is 0.0688. The molecule has 0 radical (unpaired) electrons. The van der Waals surface area contributed by atoms with Gasteiger partial charge in [0.05, 0.1) is 34.8 Å². The number of benzene rings is 3. The van der Waals surface area contributed by atoms with Gasteiger partial charge >= 0.3 is 0 Å². The second-order valence-electron chi connectivity index (χ2n) is 8.39. The quantitative estimate of drug-likeness (QED) is 0.225. The normalized spacial score (nSPS) is 11.6. The molecule has 0 atom stereocenters. The lowest BCUT2D eigenvalue weighted by Gasteiger charge is -2.19. The fourth-order valence-electron chi connectivity index (χ4n) is 4.14. The van der Waals surface area contributed by atoms with Crippen molar-refractivity contribution < 1.29 is 22.8 Å². The number of fused-ring (bicyclic) bond motifs is 1. The zero-order valence-corrected chi connectivity index (χ0v) is 21.9. The van der Waals surface area contributed by atoms with Crippen LogP contribution in [0.5, 0.6) is 11.5 Å². The summed E-state index contributed by atoms with van der Waals surface area (Å²) in [5.74, 6) is 1.25. The smallest absolute Gasteiger partial charge is 0.295 e. The Bertz CT molecular complexity index is 1490. The van der Waals surface area contributed by atoms with Crippen molar-refractivity contribution in [3.63, 3.8) is 0 Å². The van der Waals surface area contributed by atoms with Crippen LogP contribution in [-0.2, 0) is 29.9 Å². The zero-order valence-electron chi connectivity index (χ0n) is 20.3. The third kappa shape index (κ3) is 5.62. The summed E-state index contributed by atoms with van der Waals surface area (Å²) in [4.78, 5) is 11.0. The summed E-state index contributed by atoms with van der Waals surface area (Å²) >= 11 is 6.34. The Morgan fingerprint density at radius 3 is 1.95 bits per heavy atom. The van der Waals surface area contributed by atoms with Crippen LogP contribution in [0, 0.1) is 10.1 Å². The number of non-ortho nitro benzene ring substituents is 1. The third-order valence-electron chi connectivity index (χ3n) is 6.04. The van der Waals surface area contributed by atoms with Crippen molar-refractivity contribution in [2.24, 2.45) is 7.05 Å². The maximum absolute atomic E-state index is 13.8. The van der Waals surface area contributed by atoms with Crippen LogP contribution in [0.2, 0.25) is 5.02 Å². The Labute approximate surface area is 219 Å². The van der Waals surface area contributed by atoms with E-state index in [1.54, 1.807) is 38.5 Å². The highest BCUT2D eigenvalue weighted by Gasteiger charge is 2.30. The lowest BCUT2D eigenvalue weighted by molar-refractivity contribution is -0.383. The average molecular weight is 545 g/mol. The van der Waals surface area contributed by atoms with Crippen molar-refractivity contribution in [3.8, 4) is 11.5 Å². The number of aromatic nitrogens is 2. The molecular weight excluding hydrogens is 520 g/mol. The number of sulfonamides is 1. The summed E-state index contributed by atoms with van der Waals surface area (Å²) in [7, 11) is 0.564. The number of ether oxygens (including phenoxy) is 2. The monoisotopic (exact) mass is 544 g/mol. The number of nitrogens with zero attached hydrogens (tertiary/aromatic N) is 3. The molecule has 0 spiro atoms. The molecule has 1 N–H and O–H groups in total. The molecule has 4 aromatic rings. The number of nitrogens with one attached hydrogen (secondary N) is 1. The van der Waals surface area contributed by atoms with Crippen molar-refractivity contribution in [2.45, 2.75) is 18.1 Å². The van der Waals surface area contributed by atoms with E-state index in [0.717, 1.165) is 11.1 Å². The van der Waals surface area contributed by atoms with Crippen LogP contribution >= 0.6 is 11.6 Å². The molecule has 0 aliphatic carbocycles. The van der Waals surface area contributed by atoms with Crippen LogP contribution < -0.4 is 14.2 Å². The molecule has 3 aromatic carbocycles. The Hall–Kier alpha value is -3.83. The highest BCUT2D eigenvalue weighted by molar-refractivity contribution is 7.93. The summed E-state index contributed by atoms with van der Waals surface area (Å²) in [6.45, 7) is 0. The molecule has 0 aliphatic rings. The molecule has 0 aliphatic heterocycles. The van der Waals surface area contributed by atoms with Crippen molar-refractivity contribution in [3.05, 3.63) is 86.9 Å². The Kier molecular flexibility index (Phi) is 7.55. The van der Waals surface area contributed by atoms with Crippen molar-refractivity contribution in [1.29, 1.82) is 0 Å². The van der Waals surface area contributed by atoms with Gasteiger partial charge in [0.1, 0.15) is 17.0 Å². The molecule has 1 aromatic heterocycles. The number of aryl methyl sites for hydroxylation is 1. The summed E-state index contributed by atoms with van der Waals surface area (Å²) in [6, 6.07) is 16.9. The van der Waals surface area contributed by atoms with Crippen LogP contribution in [0.4, 0.5) is 11.5 Å². The van der Waals surface area contributed by atoms with Gasteiger partial charge in [-0.05, 0) is 54.3 Å². The van der Waals surface area contributed by atoms with Gasteiger partial charge in [0.25, 0.3) is 5.69 Å². The van der Waals surface area contributed by atoms with E-state index in [2.05, 4.69) is 9.82 Å². The molecule has 4 rings (SSSR count). The fourth-order valence-corrected chi connectivity index (χ4v) is 5.78. The first-order valence-corrected chi connectivity index (χ1v) is 13.1. The minimum Gasteiger partial charge on any atom is -0.497 e. The zero-order chi connectivity index (χ0) is 26.7. The van der Waals surface area contributed by atoms with E-state index in [-0.39, 0.29) is 40.3 Å². The first-order valence-electron chi connectivity index (χ1n) is 11.2. The highest BCUT2D eigenvalue weighted by atomic mass is 35.5. The van der Waals surface area contributed by atoms with E-state index in [0.29, 0.717) is 11.5 Å². The van der Waals surface area contributed by atoms with E-state index in [1.165, 1.54) is 23.9 Å². The molecule has 37 heavy (non-hydrogen) atoms. The maximum Gasteiger partial charge on any atom is 0.295 e. The van der Waals surface area contributed by atoms with Crippen molar-refractivity contribution in [2.75, 3.05) is 18.9 Å². The lowest BCUT2D eigenvalue weighted by Crippen LogP contribution is -2.32. The summed E-state index contributed by atoms with van der Waals surface area (Å²) in [6.07, 6.45) is 0.397. The molecule has 0 bridgehead atoms. The van der Waals surface area contributed by atoms with E-state index in [4.69, 9.17) is 21.1 Å². The number of rotatable bonds is 10. The molecule has 0 saturated carbocycles. The molecule has 10 nitrogen and oxygen atoms in total. The fraction of sp³-hybridized carbons (Fsp3) is 0.240. The van der Waals surface area contributed by atoms with Gasteiger partial charge in [-0.25, -0.2) is 8.42 Å². The molecular formula is C25H25ClN4O6S. The topological polar surface area (TPSA) is 126 Å². The lowest BCUT2D eigenvalue weighted by atomic mass is 10.0. The van der Waals surface area contributed by atoms with Crippen LogP contribution in [0.1, 0.15) is 11.1 Å².